The molecular weight excluding hydrogens is 544 g/mol. The Morgan fingerprint density at radius 1 is 0.837 bits per heavy atom. The largest absolute Gasteiger partial charge is 0.459 e. The summed E-state index contributed by atoms with van der Waals surface area (Å²) in [5, 5.41) is 0. The Bertz CT molecular complexity index is 849. The number of benzene rings is 1. The minimum atomic E-state index is -0.534. The van der Waals surface area contributed by atoms with Crippen molar-refractivity contribution in [3.05, 3.63) is 35.9 Å². The van der Waals surface area contributed by atoms with E-state index in [9.17, 15) is 4.79 Å². The van der Waals surface area contributed by atoms with Crippen LogP contribution in [0.5, 0.6) is 0 Å². The minimum absolute atomic E-state index is 0.126. The first-order chi connectivity index (χ1) is 21.1. The van der Waals surface area contributed by atoms with E-state index in [1.54, 1.807) is 0 Å². The molecule has 0 spiro atoms. The van der Waals surface area contributed by atoms with Gasteiger partial charge in [-0.15, -0.1) is 0 Å². The van der Waals surface area contributed by atoms with Crippen LogP contribution in [0.4, 0.5) is 0 Å². The van der Waals surface area contributed by atoms with Gasteiger partial charge >= 0.3 is 5.97 Å². The van der Waals surface area contributed by atoms with Gasteiger partial charge in [-0.3, -0.25) is 4.79 Å². The molecule has 7 heteroatoms. The summed E-state index contributed by atoms with van der Waals surface area (Å²) >= 11 is 0. The zero-order chi connectivity index (χ0) is 30.7. The Morgan fingerprint density at radius 2 is 1.49 bits per heavy atom. The average molecular weight is 605 g/mol. The Morgan fingerprint density at radius 3 is 2.19 bits per heavy atom. The highest BCUT2D eigenvalue weighted by Gasteiger charge is 2.50. The molecule has 0 aliphatic carbocycles. The van der Waals surface area contributed by atoms with Crippen molar-refractivity contribution >= 4 is 5.97 Å². The molecule has 3 unspecified atom stereocenters. The number of hydrogen-bond donors (Lipinski definition) is 0. The van der Waals surface area contributed by atoms with Gasteiger partial charge in [-0.1, -0.05) is 129 Å². The van der Waals surface area contributed by atoms with Crippen LogP contribution in [0.1, 0.15) is 136 Å². The van der Waals surface area contributed by atoms with Crippen LogP contribution in [0.3, 0.4) is 0 Å². The van der Waals surface area contributed by atoms with Gasteiger partial charge in [0.05, 0.1) is 19.1 Å². The molecule has 2 aliphatic heterocycles. The van der Waals surface area contributed by atoms with E-state index < -0.39 is 24.8 Å². The highest BCUT2D eigenvalue weighted by molar-refractivity contribution is 5.70. The van der Waals surface area contributed by atoms with E-state index in [0.717, 1.165) is 44.1 Å². The van der Waals surface area contributed by atoms with Crippen LogP contribution in [0.2, 0.25) is 0 Å². The molecule has 246 valence electrons. The van der Waals surface area contributed by atoms with Gasteiger partial charge in [-0.05, 0) is 19.3 Å². The van der Waals surface area contributed by atoms with E-state index in [1.807, 2.05) is 37.3 Å². The molecule has 7 nitrogen and oxygen atoms in total. The summed E-state index contributed by atoms with van der Waals surface area (Å²) < 4.78 is 37.4. The van der Waals surface area contributed by atoms with Gasteiger partial charge in [-0.2, -0.15) is 0 Å². The van der Waals surface area contributed by atoms with Gasteiger partial charge in [-0.25, -0.2) is 0 Å². The van der Waals surface area contributed by atoms with Crippen molar-refractivity contribution in [3.8, 4) is 0 Å². The molecule has 43 heavy (non-hydrogen) atoms. The fourth-order valence-corrected chi connectivity index (χ4v) is 5.90. The fourth-order valence-electron chi connectivity index (χ4n) is 5.90. The van der Waals surface area contributed by atoms with Crippen molar-refractivity contribution in [3.63, 3.8) is 0 Å². The molecule has 3 rings (SSSR count). The standard InChI is InChI=1S/C36H60O7/c1-5-8-11-12-13-14-15-16-20-23-30(38-24-9-6-2)26-32(37)42-33-28(4)35(39-25-10-7-3)41-31-27-40-36(43-34(31)33)29-21-18-17-19-22-29/h17-19,21-22,28,30-31,33-36H,5-16,20,23-27H2,1-4H3/t28?,30-,31?,33-,34-,35+,36?/m1/s1. The lowest BCUT2D eigenvalue weighted by molar-refractivity contribution is -0.352. The number of carbonyl (C=O) groups excluding carboxylic acids is 1. The van der Waals surface area contributed by atoms with Crippen LogP contribution < -0.4 is 0 Å². The van der Waals surface area contributed by atoms with Gasteiger partial charge < -0.3 is 28.4 Å². The number of carbonyl (C=O) groups is 1. The second-order valence-corrected chi connectivity index (χ2v) is 12.4. The summed E-state index contributed by atoms with van der Waals surface area (Å²) in [6.07, 6.45) is 14.2. The topological polar surface area (TPSA) is 72.5 Å². The number of fused-ring (bicyclic) bond motifs is 1. The van der Waals surface area contributed by atoms with Crippen molar-refractivity contribution in [1.82, 2.24) is 0 Å². The summed E-state index contributed by atoms with van der Waals surface area (Å²) in [4.78, 5) is 13.5. The predicted octanol–water partition coefficient (Wildman–Crippen LogP) is 8.69. The van der Waals surface area contributed by atoms with Crippen molar-refractivity contribution < 1.29 is 33.2 Å². The zero-order valence-electron chi connectivity index (χ0n) is 27.5. The quantitative estimate of drug-likeness (QED) is 0.0968. The first-order valence-corrected chi connectivity index (χ1v) is 17.5. The molecule has 2 heterocycles. The van der Waals surface area contributed by atoms with Crippen LogP contribution in [0, 0.1) is 5.92 Å². The maximum Gasteiger partial charge on any atom is 0.308 e. The Kier molecular flexibility index (Phi) is 17.8. The van der Waals surface area contributed by atoms with Gasteiger partial charge in [0.25, 0.3) is 0 Å². The minimum Gasteiger partial charge on any atom is -0.459 e. The van der Waals surface area contributed by atoms with Crippen molar-refractivity contribution in [1.29, 1.82) is 0 Å². The van der Waals surface area contributed by atoms with E-state index in [4.69, 9.17) is 28.4 Å². The van der Waals surface area contributed by atoms with Crippen LogP contribution in [0.15, 0.2) is 30.3 Å². The molecule has 0 N–H and O–H groups in total. The molecule has 1 aromatic carbocycles. The summed E-state index contributed by atoms with van der Waals surface area (Å²) in [6, 6.07) is 9.88. The molecule has 0 aromatic heterocycles. The monoisotopic (exact) mass is 604 g/mol. The Balaban J connectivity index is 1.58. The highest BCUT2D eigenvalue weighted by atomic mass is 16.8. The van der Waals surface area contributed by atoms with Crippen molar-refractivity contribution in [2.45, 2.75) is 161 Å². The predicted molar refractivity (Wildman–Crippen MR) is 170 cm³/mol. The van der Waals surface area contributed by atoms with Crippen LogP contribution in [0.25, 0.3) is 0 Å². The van der Waals surface area contributed by atoms with Gasteiger partial charge in [0.15, 0.2) is 12.6 Å². The average Bonchev–Trinajstić information content (AvgIpc) is 3.02. The third-order valence-corrected chi connectivity index (χ3v) is 8.63. The third-order valence-electron chi connectivity index (χ3n) is 8.63. The first kappa shape index (κ1) is 36.0. The summed E-state index contributed by atoms with van der Waals surface area (Å²) in [7, 11) is 0. The first-order valence-electron chi connectivity index (χ1n) is 17.5. The van der Waals surface area contributed by atoms with Gasteiger partial charge in [0.2, 0.25) is 0 Å². The number of hydrogen-bond acceptors (Lipinski definition) is 7. The van der Waals surface area contributed by atoms with Gasteiger partial charge in [0, 0.05) is 24.7 Å². The molecule has 2 fully saturated rings. The SMILES string of the molecule is CCCCCCCCCCC[C@H](CC(=O)O[C@@H]1C(C)[C@@H](OCCCC)OC2COC(c3ccccc3)O[C@H]21)OCCCC. The maximum atomic E-state index is 13.5. The Labute approximate surface area is 261 Å². The lowest BCUT2D eigenvalue weighted by Gasteiger charge is -2.48. The van der Waals surface area contributed by atoms with E-state index in [1.165, 1.54) is 51.4 Å². The van der Waals surface area contributed by atoms with Crippen LogP contribution in [-0.4, -0.2) is 56.5 Å². The highest BCUT2D eigenvalue weighted by Crippen LogP contribution is 2.38. The molecule has 7 atom stereocenters. The number of ether oxygens (including phenoxy) is 6. The summed E-state index contributed by atoms with van der Waals surface area (Å²) in [6.45, 7) is 10.2. The van der Waals surface area contributed by atoms with Crippen molar-refractivity contribution in [2.75, 3.05) is 19.8 Å². The van der Waals surface area contributed by atoms with E-state index in [2.05, 4.69) is 20.8 Å². The second-order valence-electron chi connectivity index (χ2n) is 12.4. The number of unbranched alkanes of at least 4 members (excludes halogenated alkanes) is 10. The zero-order valence-corrected chi connectivity index (χ0v) is 27.5. The molecule has 0 saturated carbocycles. The second kappa shape index (κ2) is 21.3. The summed E-state index contributed by atoms with van der Waals surface area (Å²) in [5.41, 5.74) is 0.936. The third kappa shape index (κ3) is 12.8. The molecule has 2 aliphatic rings. The van der Waals surface area contributed by atoms with Gasteiger partial charge in [0.1, 0.15) is 18.3 Å². The fraction of sp³-hybridized carbons (Fsp3) is 0.806. The normalized spacial score (nSPS) is 26.1. The van der Waals surface area contributed by atoms with E-state index in [0.29, 0.717) is 19.8 Å². The van der Waals surface area contributed by atoms with E-state index in [-0.39, 0.29) is 30.5 Å². The Hall–Kier alpha value is -1.51. The van der Waals surface area contributed by atoms with E-state index >= 15 is 0 Å². The summed E-state index contributed by atoms with van der Waals surface area (Å²) in [5.74, 6) is -0.429. The lowest BCUT2D eigenvalue weighted by atomic mass is 9.91. The van der Waals surface area contributed by atoms with Crippen LogP contribution in [-0.2, 0) is 33.2 Å². The molecule has 0 amide bonds. The molecule has 2 saturated heterocycles. The molecule has 1 aromatic rings. The van der Waals surface area contributed by atoms with Crippen molar-refractivity contribution in [2.24, 2.45) is 5.92 Å². The lowest BCUT2D eigenvalue weighted by Crippen LogP contribution is -2.60. The number of esters is 1. The smallest absolute Gasteiger partial charge is 0.308 e. The molecule has 0 radical (unpaired) electrons. The van der Waals surface area contributed by atoms with Crippen LogP contribution >= 0.6 is 0 Å². The maximum absolute atomic E-state index is 13.5. The number of rotatable bonds is 22. The molecular formula is C36H60O7. The molecule has 0 bridgehead atoms.